The van der Waals surface area contributed by atoms with Gasteiger partial charge >= 0.3 is 0 Å². The number of carbonyl (C=O) groups is 1. The summed E-state index contributed by atoms with van der Waals surface area (Å²) in [6, 6.07) is 3.85. The van der Waals surface area contributed by atoms with E-state index in [1.54, 1.807) is 19.2 Å². The highest BCUT2D eigenvalue weighted by Crippen LogP contribution is 2.29. The van der Waals surface area contributed by atoms with E-state index in [1.807, 2.05) is 12.1 Å². The van der Waals surface area contributed by atoms with Crippen molar-refractivity contribution in [1.29, 1.82) is 5.41 Å². The predicted molar refractivity (Wildman–Crippen MR) is 121 cm³/mol. The molecular weight excluding hydrogens is 394 g/mol. The summed E-state index contributed by atoms with van der Waals surface area (Å²) in [5, 5.41) is 11.8. The summed E-state index contributed by atoms with van der Waals surface area (Å²) in [5.41, 5.74) is 2.54. The van der Waals surface area contributed by atoms with Crippen molar-refractivity contribution in [2.75, 3.05) is 31.3 Å². The van der Waals surface area contributed by atoms with Crippen molar-refractivity contribution in [1.82, 2.24) is 15.3 Å². The summed E-state index contributed by atoms with van der Waals surface area (Å²) in [5.74, 6) is 0.721. The molecule has 0 amide bonds. The number of pyridine rings is 2. The van der Waals surface area contributed by atoms with Crippen LogP contribution in [0.15, 0.2) is 24.4 Å². The van der Waals surface area contributed by atoms with Crippen molar-refractivity contribution in [3.8, 4) is 0 Å². The number of ketones is 1. The third-order valence-corrected chi connectivity index (χ3v) is 5.76. The maximum atomic E-state index is 12.5. The van der Waals surface area contributed by atoms with Crippen LogP contribution in [0.5, 0.6) is 0 Å². The van der Waals surface area contributed by atoms with E-state index in [2.05, 4.69) is 22.1 Å². The van der Waals surface area contributed by atoms with Gasteiger partial charge in [0.25, 0.3) is 0 Å². The number of allylic oxidation sites excluding steroid dienone is 1. The van der Waals surface area contributed by atoms with Crippen molar-refractivity contribution >= 4 is 34.4 Å². The lowest BCUT2D eigenvalue weighted by Crippen LogP contribution is -2.44. The minimum Gasteiger partial charge on any atom is -0.377 e. The molecule has 0 radical (unpaired) electrons. The lowest BCUT2D eigenvalue weighted by atomic mass is 10.0. The molecule has 8 nitrogen and oxygen atoms in total. The Labute approximate surface area is 182 Å². The number of rotatable bonds is 6. The fourth-order valence-corrected chi connectivity index (χ4v) is 4.15. The van der Waals surface area contributed by atoms with Crippen molar-refractivity contribution in [3.05, 3.63) is 35.7 Å². The molecule has 2 fully saturated rings. The molecule has 2 aliphatic heterocycles. The number of morpholine rings is 1. The molecule has 0 saturated carbocycles. The summed E-state index contributed by atoms with van der Waals surface area (Å²) < 4.78 is 11.4. The van der Waals surface area contributed by atoms with Crippen LogP contribution in [0.4, 0.5) is 5.82 Å². The molecule has 8 heteroatoms. The monoisotopic (exact) mass is 423 g/mol. The number of hydrogen-bond donors (Lipinski definition) is 2. The standard InChI is InChI=1S/C23H29N5O3/c1-15-14-30-12-10-28(15)20-13-18(16(2)29)17-7-9-25-23(22(17)27-20)19(6-8-24)26-21-5-3-4-11-31-21/h6-9,13,15,21,24,26H,3-5,10-12,14H2,1-2H3/b19-6-,24-8?/t15-,21?/m1/s1. The number of nitrogens with zero attached hydrogens (tertiary/aromatic N) is 3. The summed E-state index contributed by atoms with van der Waals surface area (Å²) in [6.45, 7) is 6.33. The first-order valence-corrected chi connectivity index (χ1v) is 10.8. The maximum absolute atomic E-state index is 12.5. The zero-order chi connectivity index (χ0) is 21.8. The average molecular weight is 424 g/mol. The normalized spacial score (nSPS) is 22.4. The zero-order valence-electron chi connectivity index (χ0n) is 18.1. The van der Waals surface area contributed by atoms with Crippen LogP contribution in [0.1, 0.15) is 49.2 Å². The first-order valence-electron chi connectivity index (χ1n) is 10.8. The van der Waals surface area contributed by atoms with Crippen LogP contribution in [-0.2, 0) is 9.47 Å². The molecule has 2 N–H and O–H groups in total. The number of nitrogens with one attached hydrogen (secondary N) is 2. The SMILES string of the molecule is CC(=O)c1cc(N2CCOC[C@H]2C)nc2c(/C(=C/C=N)NC3CCCCO3)nccc12. The Kier molecular flexibility index (Phi) is 6.58. The summed E-state index contributed by atoms with van der Waals surface area (Å²) in [6.07, 6.45) is 7.48. The van der Waals surface area contributed by atoms with Gasteiger partial charge in [0.05, 0.1) is 25.0 Å². The highest BCUT2D eigenvalue weighted by Gasteiger charge is 2.24. The molecule has 31 heavy (non-hydrogen) atoms. The van der Waals surface area contributed by atoms with Crippen LogP contribution in [0.2, 0.25) is 0 Å². The smallest absolute Gasteiger partial charge is 0.160 e. The molecule has 2 aromatic rings. The quantitative estimate of drug-likeness (QED) is 0.544. The number of Topliss-reactive ketones (excluding diaryl/α,β-unsaturated/α-hetero) is 1. The molecule has 0 aliphatic carbocycles. The van der Waals surface area contributed by atoms with E-state index in [4.69, 9.17) is 19.9 Å². The second kappa shape index (κ2) is 9.53. The first-order chi connectivity index (χ1) is 15.1. The van der Waals surface area contributed by atoms with Gasteiger partial charge in [-0.05, 0) is 51.3 Å². The number of aromatic nitrogens is 2. The van der Waals surface area contributed by atoms with Gasteiger partial charge in [-0.1, -0.05) is 0 Å². The largest absolute Gasteiger partial charge is 0.377 e. The van der Waals surface area contributed by atoms with Crippen molar-refractivity contribution in [3.63, 3.8) is 0 Å². The second-order valence-electron chi connectivity index (χ2n) is 8.00. The van der Waals surface area contributed by atoms with Crippen LogP contribution in [0.3, 0.4) is 0 Å². The summed E-state index contributed by atoms with van der Waals surface area (Å²) in [7, 11) is 0. The third-order valence-electron chi connectivity index (χ3n) is 5.76. The van der Waals surface area contributed by atoms with E-state index in [1.165, 1.54) is 6.21 Å². The Balaban J connectivity index is 1.83. The van der Waals surface area contributed by atoms with E-state index in [-0.39, 0.29) is 18.1 Å². The van der Waals surface area contributed by atoms with E-state index in [0.29, 0.717) is 48.8 Å². The van der Waals surface area contributed by atoms with E-state index in [0.717, 1.165) is 30.5 Å². The average Bonchev–Trinajstić information content (AvgIpc) is 2.78. The van der Waals surface area contributed by atoms with Gasteiger partial charge in [-0.15, -0.1) is 0 Å². The van der Waals surface area contributed by atoms with E-state index >= 15 is 0 Å². The predicted octanol–water partition coefficient (Wildman–Crippen LogP) is 3.16. The number of fused-ring (bicyclic) bond motifs is 1. The van der Waals surface area contributed by atoms with Gasteiger partial charge < -0.3 is 25.1 Å². The van der Waals surface area contributed by atoms with Crippen LogP contribution in [-0.4, -0.2) is 60.6 Å². The molecule has 0 bridgehead atoms. The third kappa shape index (κ3) is 4.60. The molecule has 2 atom stereocenters. The highest BCUT2D eigenvalue weighted by atomic mass is 16.5. The summed E-state index contributed by atoms with van der Waals surface area (Å²) >= 11 is 0. The first kappa shape index (κ1) is 21.4. The minimum absolute atomic E-state index is 0.0205. The van der Waals surface area contributed by atoms with Gasteiger partial charge in [-0.3, -0.25) is 9.78 Å². The van der Waals surface area contributed by atoms with Gasteiger partial charge in [0.2, 0.25) is 0 Å². The Morgan fingerprint density at radius 3 is 2.94 bits per heavy atom. The number of anilines is 1. The molecule has 1 unspecified atom stereocenters. The van der Waals surface area contributed by atoms with Crippen LogP contribution in [0.25, 0.3) is 16.6 Å². The van der Waals surface area contributed by atoms with Gasteiger partial charge in [0.1, 0.15) is 23.3 Å². The summed E-state index contributed by atoms with van der Waals surface area (Å²) in [4.78, 5) is 24.2. The molecule has 164 valence electrons. The van der Waals surface area contributed by atoms with Gasteiger partial charge in [-0.25, -0.2) is 4.98 Å². The fraction of sp³-hybridized carbons (Fsp3) is 0.478. The number of carbonyl (C=O) groups excluding carboxylic acids is 1. The molecule has 0 aromatic carbocycles. The lowest BCUT2D eigenvalue weighted by molar-refractivity contribution is 0.00530. The zero-order valence-corrected chi connectivity index (χ0v) is 18.1. The molecule has 2 saturated heterocycles. The molecule has 2 aliphatic rings. The Bertz CT molecular complexity index is 1000. The van der Waals surface area contributed by atoms with Crippen LogP contribution in [0, 0.1) is 5.41 Å². The van der Waals surface area contributed by atoms with Crippen molar-refractivity contribution in [2.45, 2.75) is 45.4 Å². The Hall–Kier alpha value is -2.84. The van der Waals surface area contributed by atoms with Gasteiger partial charge in [-0.2, -0.15) is 0 Å². The van der Waals surface area contributed by atoms with Gasteiger partial charge in [0, 0.05) is 36.5 Å². The second-order valence-corrected chi connectivity index (χ2v) is 8.00. The van der Waals surface area contributed by atoms with Crippen molar-refractivity contribution in [2.24, 2.45) is 0 Å². The Morgan fingerprint density at radius 1 is 1.35 bits per heavy atom. The van der Waals surface area contributed by atoms with Crippen molar-refractivity contribution < 1.29 is 14.3 Å². The molecule has 4 rings (SSSR count). The Morgan fingerprint density at radius 2 is 2.23 bits per heavy atom. The number of hydrogen-bond acceptors (Lipinski definition) is 8. The highest BCUT2D eigenvalue weighted by molar-refractivity contribution is 6.08. The van der Waals surface area contributed by atoms with Crippen LogP contribution < -0.4 is 10.2 Å². The fourth-order valence-electron chi connectivity index (χ4n) is 4.15. The van der Waals surface area contributed by atoms with E-state index in [9.17, 15) is 4.79 Å². The lowest BCUT2D eigenvalue weighted by Gasteiger charge is -2.34. The number of ether oxygens (including phenoxy) is 2. The molecule has 4 heterocycles. The van der Waals surface area contributed by atoms with E-state index < -0.39 is 0 Å². The molecule has 0 spiro atoms. The van der Waals surface area contributed by atoms with Crippen LogP contribution >= 0.6 is 0 Å². The maximum Gasteiger partial charge on any atom is 0.160 e. The minimum atomic E-state index is -0.133. The molecular formula is C23H29N5O3. The topological polar surface area (TPSA) is 100 Å². The van der Waals surface area contributed by atoms with Gasteiger partial charge in [0.15, 0.2) is 5.78 Å². The molecule has 2 aromatic heterocycles.